The van der Waals surface area contributed by atoms with Crippen molar-refractivity contribution < 1.29 is 18.7 Å². The lowest BCUT2D eigenvalue weighted by molar-refractivity contribution is 0.0695. The third-order valence-electron chi connectivity index (χ3n) is 8.20. The van der Waals surface area contributed by atoms with E-state index in [1.807, 2.05) is 12.1 Å². The van der Waals surface area contributed by atoms with Crippen LogP contribution in [0.4, 0.5) is 25.8 Å². The Bertz CT molecular complexity index is 1820. The maximum absolute atomic E-state index is 15.7. The molecule has 0 unspecified atom stereocenters. The Morgan fingerprint density at radius 3 is 2.23 bits per heavy atom. The Morgan fingerprint density at radius 2 is 1.60 bits per heavy atom. The molecule has 11 heteroatoms. The van der Waals surface area contributed by atoms with Crippen LogP contribution < -0.4 is 15.2 Å². The lowest BCUT2D eigenvalue weighted by Gasteiger charge is -2.38. The molecule has 0 saturated carbocycles. The number of hydrogen-bond acceptors (Lipinski definition) is 5. The van der Waals surface area contributed by atoms with Crippen molar-refractivity contribution in [3.63, 3.8) is 0 Å². The van der Waals surface area contributed by atoms with Crippen LogP contribution in [-0.4, -0.2) is 59.8 Å². The highest BCUT2D eigenvalue weighted by Crippen LogP contribution is 2.38. The summed E-state index contributed by atoms with van der Waals surface area (Å²) < 4.78 is 32.6. The summed E-state index contributed by atoms with van der Waals surface area (Å²) in [4.78, 5) is 34.7. The molecule has 6 rings (SSSR count). The van der Waals surface area contributed by atoms with Crippen molar-refractivity contribution in [1.29, 1.82) is 0 Å². The largest absolute Gasteiger partial charge is 0.477 e. The molecule has 0 bridgehead atoms. The number of pyridine rings is 1. The zero-order chi connectivity index (χ0) is 30.2. The number of carbonyl (C=O) groups is 1. The maximum Gasteiger partial charge on any atom is 0.341 e. The molecule has 4 aromatic rings. The Kier molecular flexibility index (Phi) is 7.77. The zero-order valence-electron chi connectivity index (χ0n) is 23.2. The van der Waals surface area contributed by atoms with Crippen LogP contribution in [0.2, 0.25) is 5.02 Å². The monoisotopic (exact) mass is 603 g/mol. The molecule has 0 amide bonds. The highest BCUT2D eigenvalue weighted by atomic mass is 35.5. The smallest absolute Gasteiger partial charge is 0.341 e. The number of aromatic carboxylic acids is 1. The number of anilines is 2. The normalized spacial score (nSPS) is 15.7. The molecule has 1 N–H and O–H groups in total. The van der Waals surface area contributed by atoms with Crippen molar-refractivity contribution in [2.45, 2.75) is 19.4 Å². The van der Waals surface area contributed by atoms with Crippen LogP contribution in [0.15, 0.2) is 59.5 Å². The van der Waals surface area contributed by atoms with Gasteiger partial charge in [-0.05, 0) is 61.8 Å². The standard InChI is InChI=1S/C32H28ClF2N5O3/c1-36-21-5-7-22(8-6-21)38-12-14-39(15-13-38)30-26(35)17-23-29(28(30)33)40(19-24(31(23)41)32(42)43)27-9-4-20(16-25(27)34)18-37-10-2-3-11-37/h4-9,16-17,19H,2-3,10-15,18H2,(H,42,43). The van der Waals surface area contributed by atoms with Crippen LogP contribution >= 0.6 is 11.6 Å². The first-order chi connectivity index (χ1) is 20.7. The maximum atomic E-state index is 15.7. The van der Waals surface area contributed by atoms with Crippen LogP contribution in [-0.2, 0) is 6.54 Å². The quantitative estimate of drug-likeness (QED) is 0.269. The molecule has 2 aliphatic heterocycles. The van der Waals surface area contributed by atoms with Gasteiger partial charge in [-0.3, -0.25) is 9.69 Å². The van der Waals surface area contributed by atoms with Gasteiger partial charge < -0.3 is 19.5 Å². The fourth-order valence-electron chi connectivity index (χ4n) is 6.01. The number of nitrogens with zero attached hydrogens (tertiary/aromatic N) is 5. The Hall–Kier alpha value is -4.46. The predicted molar refractivity (Wildman–Crippen MR) is 163 cm³/mol. The molecule has 3 heterocycles. The van der Waals surface area contributed by atoms with Gasteiger partial charge in [-0.2, -0.15) is 0 Å². The lowest BCUT2D eigenvalue weighted by atomic mass is 10.1. The number of carboxylic acids is 1. The van der Waals surface area contributed by atoms with Gasteiger partial charge >= 0.3 is 5.97 Å². The predicted octanol–water partition coefficient (Wildman–Crippen LogP) is 6.09. The zero-order valence-corrected chi connectivity index (χ0v) is 23.9. The van der Waals surface area contributed by atoms with Crippen molar-refractivity contribution >= 4 is 45.5 Å². The topological polar surface area (TPSA) is 73.4 Å². The fourth-order valence-corrected chi connectivity index (χ4v) is 6.41. The first kappa shape index (κ1) is 28.6. The molecule has 3 aromatic carbocycles. The summed E-state index contributed by atoms with van der Waals surface area (Å²) in [6.07, 6.45) is 3.26. The van der Waals surface area contributed by atoms with Crippen molar-refractivity contribution in [2.75, 3.05) is 49.1 Å². The number of hydrogen-bond donors (Lipinski definition) is 1. The number of aromatic nitrogens is 1. The Labute approximate surface area is 251 Å². The third kappa shape index (κ3) is 5.42. The van der Waals surface area contributed by atoms with Gasteiger partial charge in [0.1, 0.15) is 17.2 Å². The van der Waals surface area contributed by atoms with Crippen LogP contribution in [0.1, 0.15) is 28.8 Å². The van der Waals surface area contributed by atoms with E-state index in [0.717, 1.165) is 49.4 Å². The van der Waals surface area contributed by atoms with Gasteiger partial charge in [-0.15, -0.1) is 0 Å². The van der Waals surface area contributed by atoms with E-state index >= 15 is 8.78 Å². The summed E-state index contributed by atoms with van der Waals surface area (Å²) in [5.74, 6) is -2.88. The number of carboxylic acid groups (broad SMARTS) is 1. The molecule has 8 nitrogen and oxygen atoms in total. The lowest BCUT2D eigenvalue weighted by Crippen LogP contribution is -2.47. The van der Waals surface area contributed by atoms with E-state index in [1.54, 1.807) is 23.1 Å². The number of likely N-dealkylation sites (tertiary alicyclic amines) is 1. The van der Waals surface area contributed by atoms with E-state index in [0.29, 0.717) is 38.4 Å². The number of fused-ring (bicyclic) bond motifs is 1. The van der Waals surface area contributed by atoms with Crippen molar-refractivity contribution in [2.24, 2.45) is 0 Å². The average molecular weight is 604 g/mol. The summed E-state index contributed by atoms with van der Waals surface area (Å²) in [5, 5.41) is 9.40. The van der Waals surface area contributed by atoms with Crippen molar-refractivity contribution in [1.82, 2.24) is 9.47 Å². The van der Waals surface area contributed by atoms with Gasteiger partial charge in [0.15, 0.2) is 5.69 Å². The van der Waals surface area contributed by atoms with Crippen molar-refractivity contribution in [3.05, 3.63) is 104 Å². The molecule has 0 atom stereocenters. The summed E-state index contributed by atoms with van der Waals surface area (Å²) in [5.41, 5.74) is 0.851. The molecule has 1 aromatic heterocycles. The minimum absolute atomic E-state index is 0.00445. The molecular formula is C32H28ClF2N5O3. The van der Waals surface area contributed by atoms with E-state index in [4.69, 9.17) is 18.2 Å². The highest BCUT2D eigenvalue weighted by molar-refractivity contribution is 6.38. The number of rotatable bonds is 6. The van der Waals surface area contributed by atoms with Gasteiger partial charge in [0.2, 0.25) is 5.43 Å². The minimum atomic E-state index is -1.51. The molecule has 2 fully saturated rings. The summed E-state index contributed by atoms with van der Waals surface area (Å²) in [7, 11) is 0. The summed E-state index contributed by atoms with van der Waals surface area (Å²) >= 11 is 6.86. The molecule has 0 spiro atoms. The van der Waals surface area contributed by atoms with E-state index in [-0.39, 0.29) is 27.3 Å². The summed E-state index contributed by atoms with van der Waals surface area (Å²) in [6, 6.07) is 12.9. The number of piperazine rings is 1. The second-order valence-electron chi connectivity index (χ2n) is 10.8. The van der Waals surface area contributed by atoms with E-state index in [9.17, 15) is 14.7 Å². The van der Waals surface area contributed by atoms with E-state index in [2.05, 4.69) is 14.6 Å². The molecule has 2 saturated heterocycles. The number of halogens is 3. The minimum Gasteiger partial charge on any atom is -0.477 e. The van der Waals surface area contributed by atoms with E-state index in [1.165, 1.54) is 16.7 Å². The fraction of sp³-hybridized carbons (Fsp3) is 0.281. The first-order valence-corrected chi connectivity index (χ1v) is 14.4. The first-order valence-electron chi connectivity index (χ1n) is 14.0. The molecular weight excluding hydrogens is 576 g/mol. The molecule has 2 aliphatic rings. The van der Waals surface area contributed by atoms with E-state index < -0.39 is 28.6 Å². The van der Waals surface area contributed by atoms with Crippen LogP contribution in [0.25, 0.3) is 21.4 Å². The third-order valence-corrected chi connectivity index (χ3v) is 8.56. The SMILES string of the molecule is [C-]#[N+]c1ccc(N2CCN(c3c(F)cc4c(=O)c(C(=O)O)cn(-c5ccc(CN6CCCC6)cc5F)c4c3Cl)CC2)cc1. The van der Waals surface area contributed by atoms with Gasteiger partial charge in [-0.25, -0.2) is 18.4 Å². The molecule has 0 aliphatic carbocycles. The average Bonchev–Trinajstić information content (AvgIpc) is 3.51. The Morgan fingerprint density at radius 1 is 0.930 bits per heavy atom. The second-order valence-corrected chi connectivity index (χ2v) is 11.2. The molecule has 0 radical (unpaired) electrons. The van der Waals surface area contributed by atoms with Crippen LogP contribution in [0.5, 0.6) is 0 Å². The van der Waals surface area contributed by atoms with Crippen LogP contribution in [0, 0.1) is 18.2 Å². The van der Waals surface area contributed by atoms with Gasteiger partial charge in [0.25, 0.3) is 0 Å². The van der Waals surface area contributed by atoms with Gasteiger partial charge in [0.05, 0.1) is 33.9 Å². The second kappa shape index (κ2) is 11.7. The summed E-state index contributed by atoms with van der Waals surface area (Å²) in [6.45, 7) is 11.5. The van der Waals surface area contributed by atoms with Gasteiger partial charge in [-0.1, -0.05) is 29.8 Å². The van der Waals surface area contributed by atoms with Crippen molar-refractivity contribution in [3.8, 4) is 5.69 Å². The molecule has 220 valence electrons. The highest BCUT2D eigenvalue weighted by Gasteiger charge is 2.27. The van der Waals surface area contributed by atoms with Crippen LogP contribution in [0.3, 0.4) is 0 Å². The Balaban J connectivity index is 1.40. The van der Waals surface area contributed by atoms with Gasteiger partial charge in [0, 0.05) is 44.6 Å². The number of benzene rings is 3. The molecule has 43 heavy (non-hydrogen) atoms.